The highest BCUT2D eigenvalue weighted by atomic mass is 16.8. The Morgan fingerprint density at radius 2 is 1.38 bits per heavy atom. The second-order valence-electron chi connectivity index (χ2n) is 25.9. The van der Waals surface area contributed by atoms with Crippen LogP contribution in [0, 0.1) is 52.0 Å². The lowest BCUT2D eigenvalue weighted by atomic mass is 9.49. The van der Waals surface area contributed by atoms with Crippen LogP contribution in [0.5, 0.6) is 0 Å². The van der Waals surface area contributed by atoms with Crippen LogP contribution in [0.25, 0.3) is 0 Å². The van der Waals surface area contributed by atoms with Crippen molar-refractivity contribution in [3.05, 3.63) is 63.6 Å². The van der Waals surface area contributed by atoms with E-state index in [0.29, 0.717) is 17.6 Å². The lowest BCUT2D eigenvalue weighted by molar-refractivity contribution is -1.09. The maximum Gasteiger partial charge on any atom is 0.407 e. The van der Waals surface area contributed by atoms with Crippen LogP contribution in [0.3, 0.4) is 0 Å². The molecule has 1 spiro atoms. The van der Waals surface area contributed by atoms with Crippen molar-refractivity contribution in [3.8, 4) is 0 Å². The summed E-state index contributed by atoms with van der Waals surface area (Å²) in [7, 11) is 2.69. The summed E-state index contributed by atoms with van der Waals surface area (Å²) in [4.78, 5) is 55.3. The maximum absolute atomic E-state index is 15.5. The fourth-order valence-electron chi connectivity index (χ4n) is 15.8. The van der Waals surface area contributed by atoms with Crippen molar-refractivity contribution in [2.75, 3.05) is 14.2 Å². The van der Waals surface area contributed by atoms with Crippen LogP contribution in [0.15, 0.2) is 58.4 Å². The van der Waals surface area contributed by atoms with Crippen molar-refractivity contribution in [1.29, 1.82) is 0 Å². The normalized spacial score (nSPS) is 47.6. The molecule has 0 aromatic heterocycles. The Hall–Kier alpha value is -4.02. The van der Waals surface area contributed by atoms with E-state index in [2.05, 4.69) is 25.2 Å². The number of hydrogen-bond donors (Lipinski definition) is 7. The van der Waals surface area contributed by atoms with Gasteiger partial charge in [0.2, 0.25) is 5.78 Å². The summed E-state index contributed by atoms with van der Waals surface area (Å²) in [6.07, 6.45) is -2.85. The predicted octanol–water partition coefficient (Wildman–Crippen LogP) is 4.27. The number of esters is 1. The average molecular weight is 1190 g/mol. The number of methoxy groups -OCH3 is 2. The fraction of sp³-hybridized carbons (Fsp3) is 0.770. The molecular weight excluding hydrogens is 1100 g/mol. The number of rotatable bonds is 12. The van der Waals surface area contributed by atoms with Gasteiger partial charge in [-0.15, -0.1) is 0 Å². The molecule has 5 heterocycles. The summed E-state index contributed by atoms with van der Waals surface area (Å²) in [5, 5.41) is 72.0. The van der Waals surface area contributed by atoms with Crippen LogP contribution < -0.4 is 10.5 Å². The Morgan fingerprint density at radius 1 is 0.762 bits per heavy atom. The van der Waals surface area contributed by atoms with Gasteiger partial charge in [-0.3, -0.25) is 9.59 Å². The standard InChI is InChI=1S/C61H90N2O21/c1-27-14-17-42(80-47-25-59(10,63(72)73)54(35(9)79-47)62-58(71)75-13)28(2)19-37-20-36(26-64)31(5)24-61(37)56(69)48(57(70)84-61)55(68)60(11)39(27)16-15-38-49(60)29(3)18-30(4)51(38)82-46-23-43(50(67)32(6)76-46)81-44-22-41(66)53(34(8)78-44)83-45-21-40(65)52(74-12)33(7)77-45/h14-16,19-20,26,29-35,37-47,49-54,63,65-68,72H,17-18,21-25H2,1-13H3,(H,62,71)/t29-,30-,31+,32+,33+,34+,35+,37-,38-,39-,40-,41-,42?,43-,44-,45-,46-,47+,49+,50+,51-,52+,53+,54-,59-,60+,61?/m1/s1. The number of fused-ring (bicyclic) bond motifs is 4. The predicted molar refractivity (Wildman–Crippen MR) is 296 cm³/mol. The average Bonchev–Trinajstić information content (AvgIpc) is 2.80. The number of quaternary nitrogens is 1. The number of ketones is 1. The molecule has 1 saturated carbocycles. The molecule has 2 bridgehead atoms. The molecule has 5 aliphatic heterocycles. The SMILES string of the molecule is COC(=O)N[C@@H]1[C@H](C)O[C@@H](OC2CC=C(C)[C@H]3C=C[C@H]4[C@H](O[C@@H]5C[C@@H](O[C@@H]6C[C@@H](O)[C@@H](O[C@@H]7C[C@@H](O)[C@@H](OC)[C@H](C)O7)[C@H](C)O6)[C@@H](O)[C@H](C)O5)[C@H](C)C[C@@H](C)[C@@H]4[C@@]3(C)C(O)=C3C(=O)OC4(C[C@H](C)C(C=O)=C[C@H]4C=C2C)C3=O)C[C@@]1(C)[NH+]([O-])O. The van der Waals surface area contributed by atoms with Gasteiger partial charge in [0.05, 0.1) is 68.5 Å². The van der Waals surface area contributed by atoms with E-state index >= 15 is 4.79 Å². The van der Waals surface area contributed by atoms with Crippen LogP contribution in [-0.2, 0) is 66.5 Å². The molecule has 23 nitrogen and oxygen atoms in total. The number of aliphatic hydroxyl groups excluding tert-OH is 4. The van der Waals surface area contributed by atoms with Crippen LogP contribution in [0.4, 0.5) is 4.79 Å². The summed E-state index contributed by atoms with van der Waals surface area (Å²) in [5.41, 5.74) is -3.49. The largest absolute Gasteiger partial charge is 0.600 e. The fourth-order valence-corrected chi connectivity index (χ4v) is 15.8. The van der Waals surface area contributed by atoms with Crippen molar-refractivity contribution < 1.29 is 102 Å². The number of amides is 1. The van der Waals surface area contributed by atoms with Gasteiger partial charge in [0.15, 0.2) is 36.3 Å². The molecule has 7 N–H and O–H groups in total. The van der Waals surface area contributed by atoms with Gasteiger partial charge in [-0.25, -0.2) is 20.0 Å². The first kappa shape index (κ1) is 64.5. The number of ether oxygens (including phenoxy) is 11. The number of aldehydes is 1. The monoisotopic (exact) mass is 1190 g/mol. The second-order valence-corrected chi connectivity index (χ2v) is 25.9. The molecule has 9 aliphatic rings. The summed E-state index contributed by atoms with van der Waals surface area (Å²) in [5.74, 6) is -5.33. The van der Waals surface area contributed by atoms with Crippen LogP contribution in [0.2, 0.25) is 0 Å². The Bertz CT molecular complexity index is 2580. The van der Waals surface area contributed by atoms with Gasteiger partial charge in [0, 0.05) is 56.0 Å². The zero-order chi connectivity index (χ0) is 61.2. The van der Waals surface area contributed by atoms with E-state index in [0.717, 1.165) is 11.9 Å². The highest BCUT2D eigenvalue weighted by molar-refractivity contribution is 6.26. The molecule has 84 heavy (non-hydrogen) atoms. The van der Waals surface area contributed by atoms with Gasteiger partial charge in [0.1, 0.15) is 42.0 Å². The first-order chi connectivity index (χ1) is 39.6. The molecule has 0 aromatic carbocycles. The van der Waals surface area contributed by atoms with Gasteiger partial charge < -0.3 is 83.1 Å². The number of carbonyl (C=O) groups excluding carboxylic acids is 4. The third-order valence-electron chi connectivity index (χ3n) is 20.3. The van der Waals surface area contributed by atoms with Gasteiger partial charge in [0.25, 0.3) is 0 Å². The Balaban J connectivity index is 1.01. The molecule has 9 rings (SSSR count). The number of nitrogens with one attached hydrogen (secondary N) is 2. The van der Waals surface area contributed by atoms with E-state index in [1.807, 2.05) is 26.0 Å². The van der Waals surface area contributed by atoms with E-state index in [-0.39, 0.29) is 50.4 Å². The van der Waals surface area contributed by atoms with Crippen molar-refractivity contribution in [2.45, 2.75) is 237 Å². The number of Topliss-reactive ketones (excluding diaryl/α,β-unsaturated/α-hetero) is 1. The van der Waals surface area contributed by atoms with Crippen LogP contribution in [0.1, 0.15) is 121 Å². The van der Waals surface area contributed by atoms with E-state index in [4.69, 9.17) is 52.1 Å². The molecular formula is C61H90N2O21. The van der Waals surface area contributed by atoms with Gasteiger partial charge in [-0.05, 0) is 96.1 Å². The van der Waals surface area contributed by atoms with Crippen molar-refractivity contribution in [1.82, 2.24) is 5.32 Å². The minimum absolute atomic E-state index is 0.0128. The Kier molecular flexibility index (Phi) is 19.4. The Morgan fingerprint density at radius 3 is 2.01 bits per heavy atom. The molecule has 5 saturated heterocycles. The van der Waals surface area contributed by atoms with Crippen molar-refractivity contribution >= 4 is 24.1 Å². The third-order valence-corrected chi connectivity index (χ3v) is 20.3. The maximum atomic E-state index is 15.5. The highest BCUT2D eigenvalue weighted by Gasteiger charge is 2.64. The summed E-state index contributed by atoms with van der Waals surface area (Å²) < 4.78 is 68.0. The van der Waals surface area contributed by atoms with Gasteiger partial charge in [-0.2, -0.15) is 0 Å². The quantitative estimate of drug-likeness (QED) is 0.0472. The number of carbonyl (C=O) groups is 4. The van der Waals surface area contributed by atoms with Crippen LogP contribution >= 0.6 is 0 Å². The molecule has 28 atom stereocenters. The zero-order valence-electron chi connectivity index (χ0n) is 50.5. The van der Waals surface area contributed by atoms with Crippen molar-refractivity contribution in [3.63, 3.8) is 0 Å². The highest BCUT2D eigenvalue weighted by Crippen LogP contribution is 2.61. The first-order valence-corrected chi connectivity index (χ1v) is 29.9. The third kappa shape index (κ3) is 11.9. The van der Waals surface area contributed by atoms with E-state index in [1.165, 1.54) is 21.1 Å². The zero-order valence-corrected chi connectivity index (χ0v) is 50.5. The molecule has 0 radical (unpaired) electrons. The number of aliphatic hydroxyl groups is 4. The number of hydroxylamine groups is 2. The van der Waals surface area contributed by atoms with E-state index in [9.17, 15) is 45.2 Å². The smallest absolute Gasteiger partial charge is 0.407 e. The first-order valence-electron chi connectivity index (χ1n) is 29.9. The molecule has 470 valence electrons. The summed E-state index contributed by atoms with van der Waals surface area (Å²) >= 11 is 0. The molecule has 1 amide bonds. The molecule has 3 unspecified atom stereocenters. The minimum Gasteiger partial charge on any atom is -0.600 e. The lowest BCUT2D eigenvalue weighted by Gasteiger charge is -2.56. The molecule has 6 fully saturated rings. The number of alkyl carbamates (subject to hydrolysis) is 1. The molecule has 0 aromatic rings. The minimum atomic E-state index is -1.86. The summed E-state index contributed by atoms with van der Waals surface area (Å²) in [6, 6.07) is -0.991. The summed E-state index contributed by atoms with van der Waals surface area (Å²) in [6.45, 7) is 20.0. The van der Waals surface area contributed by atoms with Gasteiger partial charge >= 0.3 is 12.1 Å². The lowest BCUT2D eigenvalue weighted by Crippen LogP contribution is -3.17. The molecule has 23 heteroatoms. The number of hydrogen-bond acceptors (Lipinski definition) is 21. The topological polar surface area (TPSA) is 310 Å². The van der Waals surface area contributed by atoms with E-state index < -0.39 is 185 Å². The Labute approximate surface area is 491 Å². The molecule has 4 aliphatic carbocycles. The second kappa shape index (κ2) is 25.2. The van der Waals surface area contributed by atoms with Crippen molar-refractivity contribution in [2.24, 2.45) is 46.8 Å². The van der Waals surface area contributed by atoms with Gasteiger partial charge in [-0.1, -0.05) is 63.6 Å². The number of allylic oxidation sites excluding steroid dienone is 4. The van der Waals surface area contributed by atoms with Crippen LogP contribution in [-0.4, -0.2) is 180 Å². The van der Waals surface area contributed by atoms with E-state index in [1.54, 1.807) is 53.7 Å².